The third kappa shape index (κ3) is 2.60. The number of phosphoric ester groups is 1. The van der Waals surface area contributed by atoms with Gasteiger partial charge in [-0.15, -0.1) is 0 Å². The Labute approximate surface area is 106 Å². The standard InChI is InChI=1S/C11H17O6P/c1-3-5-15-18(13)16-7-8-6-14-11(12)10(8)9(4-2)17-18/h8H,3-7H2,1-2H3. The maximum Gasteiger partial charge on any atom is 0.529 e. The van der Waals surface area contributed by atoms with Gasteiger partial charge in [0.15, 0.2) is 0 Å². The SMILES string of the molecule is CCCOP1(=O)OCC2COC(=O)C2=C(CC)O1. The average Bonchev–Trinajstić information content (AvgIpc) is 2.65. The molecule has 2 unspecified atom stereocenters. The molecule has 0 N–H and O–H groups in total. The van der Waals surface area contributed by atoms with E-state index >= 15 is 0 Å². The molecule has 2 rings (SSSR count). The van der Waals surface area contributed by atoms with Crippen molar-refractivity contribution in [1.82, 2.24) is 0 Å². The molecule has 7 heteroatoms. The number of hydrogen-bond donors (Lipinski definition) is 0. The van der Waals surface area contributed by atoms with Crippen LogP contribution in [0.5, 0.6) is 0 Å². The van der Waals surface area contributed by atoms with E-state index in [1.165, 1.54) is 0 Å². The minimum atomic E-state index is -3.59. The Bertz CT molecular complexity index is 416. The molecule has 102 valence electrons. The van der Waals surface area contributed by atoms with Gasteiger partial charge >= 0.3 is 13.8 Å². The monoisotopic (exact) mass is 276 g/mol. The van der Waals surface area contributed by atoms with E-state index in [0.29, 0.717) is 30.8 Å². The number of phosphoric acid groups is 1. The largest absolute Gasteiger partial charge is 0.529 e. The fourth-order valence-corrected chi connectivity index (χ4v) is 3.34. The first-order valence-corrected chi connectivity index (χ1v) is 7.54. The van der Waals surface area contributed by atoms with Gasteiger partial charge in [-0.05, 0) is 6.42 Å². The van der Waals surface area contributed by atoms with E-state index in [4.69, 9.17) is 18.3 Å². The molecule has 0 amide bonds. The highest BCUT2D eigenvalue weighted by Crippen LogP contribution is 2.55. The zero-order chi connectivity index (χ0) is 13.2. The van der Waals surface area contributed by atoms with Gasteiger partial charge in [-0.2, -0.15) is 0 Å². The first-order valence-electron chi connectivity index (χ1n) is 6.08. The number of cyclic esters (lactones) is 1. The highest BCUT2D eigenvalue weighted by Gasteiger charge is 2.42. The van der Waals surface area contributed by atoms with Gasteiger partial charge in [0, 0.05) is 6.42 Å². The van der Waals surface area contributed by atoms with Crippen molar-refractivity contribution in [3.63, 3.8) is 0 Å². The van der Waals surface area contributed by atoms with Gasteiger partial charge in [-0.3, -0.25) is 9.05 Å². The van der Waals surface area contributed by atoms with E-state index in [9.17, 15) is 9.36 Å². The van der Waals surface area contributed by atoms with Gasteiger partial charge in [0.1, 0.15) is 12.4 Å². The molecular formula is C11H17O6P. The summed E-state index contributed by atoms with van der Waals surface area (Å²) in [6.07, 6.45) is 1.16. The van der Waals surface area contributed by atoms with E-state index in [-0.39, 0.29) is 19.1 Å². The van der Waals surface area contributed by atoms with E-state index in [1.54, 1.807) is 0 Å². The number of carbonyl (C=O) groups is 1. The summed E-state index contributed by atoms with van der Waals surface area (Å²) in [6, 6.07) is 0. The number of esters is 1. The number of hydrogen-bond acceptors (Lipinski definition) is 6. The minimum absolute atomic E-state index is 0.117. The Hall–Kier alpha value is -0.840. The van der Waals surface area contributed by atoms with Crippen LogP contribution in [0.3, 0.4) is 0 Å². The van der Waals surface area contributed by atoms with E-state index in [2.05, 4.69) is 0 Å². The highest BCUT2D eigenvalue weighted by atomic mass is 31.2. The maximum atomic E-state index is 12.3. The maximum absolute atomic E-state index is 12.3. The molecule has 0 aromatic rings. The molecule has 0 aliphatic carbocycles. The third-order valence-corrected chi connectivity index (χ3v) is 4.18. The fourth-order valence-electron chi connectivity index (χ4n) is 1.89. The molecule has 1 fully saturated rings. The lowest BCUT2D eigenvalue weighted by Gasteiger charge is -2.17. The molecule has 0 aromatic heterocycles. The molecule has 2 aliphatic heterocycles. The van der Waals surface area contributed by atoms with Crippen LogP contribution in [0, 0.1) is 5.92 Å². The highest BCUT2D eigenvalue weighted by molar-refractivity contribution is 7.48. The lowest BCUT2D eigenvalue weighted by molar-refractivity contribution is -0.135. The zero-order valence-corrected chi connectivity index (χ0v) is 11.4. The van der Waals surface area contributed by atoms with Crippen molar-refractivity contribution < 1.29 is 27.7 Å². The molecule has 2 heterocycles. The Morgan fingerprint density at radius 2 is 2.17 bits per heavy atom. The lowest BCUT2D eigenvalue weighted by atomic mass is 10.0. The molecule has 0 aromatic carbocycles. The van der Waals surface area contributed by atoms with Crippen molar-refractivity contribution >= 4 is 13.8 Å². The van der Waals surface area contributed by atoms with Crippen molar-refractivity contribution in [3.05, 3.63) is 11.3 Å². The number of carbonyl (C=O) groups excluding carboxylic acids is 1. The molecule has 0 radical (unpaired) electrons. The predicted octanol–water partition coefficient (Wildman–Crippen LogP) is 2.41. The summed E-state index contributed by atoms with van der Waals surface area (Å²) in [4.78, 5) is 11.6. The normalized spacial score (nSPS) is 31.7. The summed E-state index contributed by atoms with van der Waals surface area (Å²) < 4.78 is 32.9. The molecule has 18 heavy (non-hydrogen) atoms. The van der Waals surface area contributed by atoms with Crippen molar-refractivity contribution in [3.8, 4) is 0 Å². The molecule has 1 saturated heterocycles. The lowest BCUT2D eigenvalue weighted by Crippen LogP contribution is -2.10. The molecule has 0 saturated carbocycles. The molecular weight excluding hydrogens is 259 g/mol. The summed E-state index contributed by atoms with van der Waals surface area (Å²) in [7, 11) is -3.59. The van der Waals surface area contributed by atoms with Gasteiger partial charge in [0.25, 0.3) is 0 Å². The summed E-state index contributed by atoms with van der Waals surface area (Å²) in [5.41, 5.74) is 0.440. The van der Waals surface area contributed by atoms with E-state index in [0.717, 1.165) is 0 Å². The Morgan fingerprint density at radius 1 is 1.39 bits per heavy atom. The van der Waals surface area contributed by atoms with Crippen molar-refractivity contribution in [1.29, 1.82) is 0 Å². The van der Waals surface area contributed by atoms with Gasteiger partial charge in [-0.1, -0.05) is 13.8 Å². The molecule has 6 nitrogen and oxygen atoms in total. The summed E-state index contributed by atoms with van der Waals surface area (Å²) in [6.45, 7) is 4.37. The number of allylic oxidation sites excluding steroid dienone is 1. The van der Waals surface area contributed by atoms with Crippen LogP contribution in [0.1, 0.15) is 26.7 Å². The Kier molecular flexibility index (Phi) is 4.10. The van der Waals surface area contributed by atoms with Gasteiger partial charge in [0.2, 0.25) is 0 Å². The van der Waals surface area contributed by atoms with Crippen molar-refractivity contribution in [2.24, 2.45) is 5.92 Å². The first-order chi connectivity index (χ1) is 8.59. The molecule has 0 spiro atoms. The third-order valence-electron chi connectivity index (χ3n) is 2.77. The number of ether oxygens (including phenoxy) is 1. The Balaban J connectivity index is 2.25. The Morgan fingerprint density at radius 3 is 2.83 bits per heavy atom. The number of fused-ring (bicyclic) bond motifs is 1. The van der Waals surface area contributed by atoms with Crippen LogP contribution in [0.25, 0.3) is 0 Å². The topological polar surface area (TPSA) is 71.1 Å². The van der Waals surface area contributed by atoms with Crippen LogP contribution in [0.15, 0.2) is 11.3 Å². The smallest absolute Gasteiger partial charge is 0.461 e. The van der Waals surface area contributed by atoms with Crippen LogP contribution < -0.4 is 0 Å². The second-order valence-electron chi connectivity index (χ2n) is 4.15. The van der Waals surface area contributed by atoms with E-state index in [1.807, 2.05) is 13.8 Å². The second-order valence-corrected chi connectivity index (χ2v) is 5.75. The number of rotatable bonds is 4. The average molecular weight is 276 g/mol. The molecule has 2 atom stereocenters. The van der Waals surface area contributed by atoms with Gasteiger partial charge in [-0.25, -0.2) is 9.36 Å². The first kappa shape index (κ1) is 13.6. The van der Waals surface area contributed by atoms with Gasteiger partial charge in [0.05, 0.1) is 24.7 Å². The van der Waals surface area contributed by atoms with Crippen LogP contribution in [-0.2, 0) is 27.7 Å². The van der Waals surface area contributed by atoms with Crippen LogP contribution in [0.2, 0.25) is 0 Å². The van der Waals surface area contributed by atoms with Crippen molar-refractivity contribution in [2.75, 3.05) is 19.8 Å². The minimum Gasteiger partial charge on any atom is -0.461 e. The van der Waals surface area contributed by atoms with Crippen molar-refractivity contribution in [2.45, 2.75) is 26.7 Å². The summed E-state index contributed by atoms with van der Waals surface area (Å²) in [5.74, 6) is -0.266. The predicted molar refractivity (Wildman–Crippen MR) is 62.7 cm³/mol. The molecule has 2 aliphatic rings. The second kappa shape index (κ2) is 5.43. The van der Waals surface area contributed by atoms with E-state index < -0.39 is 13.8 Å². The fraction of sp³-hybridized carbons (Fsp3) is 0.727. The summed E-state index contributed by atoms with van der Waals surface area (Å²) in [5, 5.41) is 0. The van der Waals surface area contributed by atoms with Crippen LogP contribution in [-0.4, -0.2) is 25.8 Å². The quantitative estimate of drug-likeness (QED) is 0.580. The summed E-state index contributed by atoms with van der Waals surface area (Å²) >= 11 is 0. The molecule has 0 bridgehead atoms. The van der Waals surface area contributed by atoms with Crippen LogP contribution >= 0.6 is 7.82 Å². The van der Waals surface area contributed by atoms with Gasteiger partial charge < -0.3 is 9.26 Å². The van der Waals surface area contributed by atoms with Crippen LogP contribution in [0.4, 0.5) is 0 Å². The zero-order valence-electron chi connectivity index (χ0n) is 10.5.